The van der Waals surface area contributed by atoms with Gasteiger partial charge in [0, 0.05) is 15.4 Å². The Morgan fingerprint density at radius 1 is 1.00 bits per heavy atom. The van der Waals surface area contributed by atoms with Crippen LogP contribution in [0.4, 0.5) is 22.0 Å². The smallest absolute Gasteiger partial charge is 0.232 e. The molecule has 0 bridgehead atoms. The number of nitrogens with one attached hydrogen (secondary N) is 1. The van der Waals surface area contributed by atoms with E-state index in [1.807, 2.05) is 42.5 Å². The standard InChI is InChI=1S/C22H15FN6S/c23-16-8-6-14(7-9-16)19-11-10-18(30-19)12-15(13-24)20-27-21(25)29-22(28-20)26-17-4-2-1-3-5-17/h1-12H,(H3,25,26,27,28,29)/b15-12+. The molecule has 0 unspecified atom stereocenters. The van der Waals surface area contributed by atoms with Crippen molar-refractivity contribution in [3.05, 3.63) is 83.2 Å². The van der Waals surface area contributed by atoms with Gasteiger partial charge in [0.2, 0.25) is 11.9 Å². The van der Waals surface area contributed by atoms with Gasteiger partial charge in [-0.3, -0.25) is 0 Å². The highest BCUT2D eigenvalue weighted by molar-refractivity contribution is 7.16. The molecule has 0 saturated heterocycles. The number of nitrogens with two attached hydrogens (primary N) is 1. The van der Waals surface area contributed by atoms with Gasteiger partial charge >= 0.3 is 0 Å². The summed E-state index contributed by atoms with van der Waals surface area (Å²) in [6.07, 6.45) is 1.69. The largest absolute Gasteiger partial charge is 0.368 e. The Morgan fingerprint density at radius 3 is 2.50 bits per heavy atom. The second kappa shape index (κ2) is 8.51. The number of aromatic nitrogens is 3. The number of anilines is 3. The number of benzene rings is 2. The Labute approximate surface area is 176 Å². The first-order valence-electron chi connectivity index (χ1n) is 8.92. The molecule has 146 valence electrons. The zero-order valence-corrected chi connectivity index (χ0v) is 16.4. The van der Waals surface area contributed by atoms with Crippen molar-refractivity contribution in [2.45, 2.75) is 0 Å². The van der Waals surface area contributed by atoms with Crippen molar-refractivity contribution < 1.29 is 4.39 Å². The summed E-state index contributed by atoms with van der Waals surface area (Å²) in [7, 11) is 0. The second-order valence-corrected chi connectivity index (χ2v) is 7.33. The number of thiophene rings is 1. The number of allylic oxidation sites excluding steroid dienone is 1. The number of para-hydroxylation sites is 1. The Morgan fingerprint density at radius 2 is 1.77 bits per heavy atom. The van der Waals surface area contributed by atoms with Gasteiger partial charge in [-0.15, -0.1) is 11.3 Å². The summed E-state index contributed by atoms with van der Waals surface area (Å²) < 4.78 is 13.1. The molecular formula is C22H15FN6S. The molecule has 3 N–H and O–H groups in total. The van der Waals surface area contributed by atoms with E-state index >= 15 is 0 Å². The van der Waals surface area contributed by atoms with Gasteiger partial charge in [0.05, 0.1) is 5.57 Å². The highest BCUT2D eigenvalue weighted by Gasteiger charge is 2.11. The quantitative estimate of drug-likeness (QED) is 0.439. The molecule has 8 heteroatoms. The fraction of sp³-hybridized carbons (Fsp3) is 0. The first-order chi connectivity index (χ1) is 14.6. The third-order valence-electron chi connectivity index (χ3n) is 4.09. The molecule has 0 aliphatic rings. The first kappa shape index (κ1) is 19.2. The zero-order valence-electron chi connectivity index (χ0n) is 15.6. The lowest BCUT2D eigenvalue weighted by molar-refractivity contribution is 0.628. The van der Waals surface area contributed by atoms with Gasteiger partial charge in [-0.05, 0) is 48.0 Å². The van der Waals surface area contributed by atoms with E-state index in [-0.39, 0.29) is 29.1 Å². The lowest BCUT2D eigenvalue weighted by Gasteiger charge is -2.06. The lowest BCUT2D eigenvalue weighted by Crippen LogP contribution is -2.06. The fourth-order valence-corrected chi connectivity index (χ4v) is 3.66. The van der Waals surface area contributed by atoms with Crippen LogP contribution in [0.5, 0.6) is 0 Å². The average Bonchev–Trinajstić information content (AvgIpc) is 3.21. The molecule has 2 aromatic carbocycles. The number of hydrogen-bond donors (Lipinski definition) is 2. The van der Waals surface area contributed by atoms with E-state index in [1.54, 1.807) is 18.2 Å². The molecule has 2 heterocycles. The summed E-state index contributed by atoms with van der Waals surface area (Å²) in [4.78, 5) is 14.3. The molecule has 6 nitrogen and oxygen atoms in total. The lowest BCUT2D eigenvalue weighted by atomic mass is 10.2. The van der Waals surface area contributed by atoms with Crippen LogP contribution in [0.3, 0.4) is 0 Å². The van der Waals surface area contributed by atoms with E-state index in [0.717, 1.165) is 21.0 Å². The minimum absolute atomic E-state index is 0.0118. The van der Waals surface area contributed by atoms with E-state index < -0.39 is 0 Å². The van der Waals surface area contributed by atoms with Crippen molar-refractivity contribution in [3.63, 3.8) is 0 Å². The van der Waals surface area contributed by atoms with Gasteiger partial charge in [-0.1, -0.05) is 30.3 Å². The second-order valence-electron chi connectivity index (χ2n) is 6.21. The van der Waals surface area contributed by atoms with Gasteiger partial charge < -0.3 is 11.1 Å². The molecule has 0 saturated carbocycles. The van der Waals surface area contributed by atoms with Crippen LogP contribution in [-0.4, -0.2) is 15.0 Å². The molecule has 4 rings (SSSR count). The van der Waals surface area contributed by atoms with E-state index in [4.69, 9.17) is 5.73 Å². The number of rotatable bonds is 5. The van der Waals surface area contributed by atoms with E-state index in [2.05, 4.69) is 26.3 Å². The third-order valence-corrected chi connectivity index (χ3v) is 5.17. The summed E-state index contributed by atoms with van der Waals surface area (Å²) in [6.45, 7) is 0. The van der Waals surface area contributed by atoms with Crippen LogP contribution in [0, 0.1) is 17.1 Å². The molecule has 0 radical (unpaired) electrons. The minimum atomic E-state index is -0.283. The molecule has 0 aliphatic heterocycles. The summed E-state index contributed by atoms with van der Waals surface area (Å²) in [6, 6.07) is 21.6. The Bertz CT molecular complexity index is 1240. The maximum Gasteiger partial charge on any atom is 0.232 e. The van der Waals surface area contributed by atoms with Gasteiger partial charge in [0.15, 0.2) is 5.82 Å². The van der Waals surface area contributed by atoms with Crippen LogP contribution in [-0.2, 0) is 0 Å². The molecule has 0 spiro atoms. The van der Waals surface area contributed by atoms with Crippen molar-refractivity contribution in [1.82, 2.24) is 15.0 Å². The Balaban J connectivity index is 1.63. The summed E-state index contributed by atoms with van der Waals surface area (Å²) in [5.41, 5.74) is 7.77. The van der Waals surface area contributed by atoms with Crippen molar-refractivity contribution in [2.75, 3.05) is 11.1 Å². The minimum Gasteiger partial charge on any atom is -0.368 e. The topological polar surface area (TPSA) is 101 Å². The highest BCUT2D eigenvalue weighted by Crippen LogP contribution is 2.30. The molecule has 0 aliphatic carbocycles. The number of hydrogen-bond acceptors (Lipinski definition) is 7. The normalized spacial score (nSPS) is 11.1. The zero-order chi connectivity index (χ0) is 20.9. The molecule has 0 amide bonds. The number of nitriles is 1. The summed E-state index contributed by atoms with van der Waals surface area (Å²) in [5.74, 6) is 0.162. The predicted octanol–water partition coefficient (Wildman–Crippen LogP) is 5.13. The van der Waals surface area contributed by atoms with Crippen LogP contribution in [0.1, 0.15) is 10.7 Å². The van der Waals surface area contributed by atoms with Gasteiger partial charge in [-0.2, -0.15) is 20.2 Å². The van der Waals surface area contributed by atoms with Crippen molar-refractivity contribution in [2.24, 2.45) is 0 Å². The fourth-order valence-electron chi connectivity index (χ4n) is 2.71. The van der Waals surface area contributed by atoms with Crippen LogP contribution in [0.2, 0.25) is 0 Å². The average molecular weight is 414 g/mol. The third kappa shape index (κ3) is 4.48. The van der Waals surface area contributed by atoms with E-state index in [0.29, 0.717) is 0 Å². The summed E-state index contributed by atoms with van der Waals surface area (Å²) in [5, 5.41) is 12.7. The molecular weight excluding hydrogens is 399 g/mol. The first-order valence-corrected chi connectivity index (χ1v) is 9.74. The van der Waals surface area contributed by atoms with Crippen LogP contribution < -0.4 is 11.1 Å². The predicted molar refractivity (Wildman–Crippen MR) is 117 cm³/mol. The van der Waals surface area contributed by atoms with Crippen molar-refractivity contribution >= 4 is 40.6 Å². The Kier molecular flexibility index (Phi) is 5.46. The Hall–Kier alpha value is -4.09. The molecule has 4 aromatic rings. The van der Waals surface area contributed by atoms with Crippen molar-refractivity contribution in [3.8, 4) is 16.5 Å². The van der Waals surface area contributed by atoms with Crippen LogP contribution in [0.15, 0.2) is 66.7 Å². The maximum atomic E-state index is 13.1. The monoisotopic (exact) mass is 414 g/mol. The van der Waals surface area contributed by atoms with Gasteiger partial charge in [0.25, 0.3) is 0 Å². The van der Waals surface area contributed by atoms with E-state index in [9.17, 15) is 9.65 Å². The number of halogens is 1. The van der Waals surface area contributed by atoms with Gasteiger partial charge in [-0.25, -0.2) is 4.39 Å². The number of nitrogens with zero attached hydrogens (tertiary/aromatic N) is 4. The SMILES string of the molecule is N#C/C(=C\c1ccc(-c2ccc(F)cc2)s1)c1nc(N)nc(Nc2ccccc2)n1. The molecule has 0 fully saturated rings. The van der Waals surface area contributed by atoms with Crippen molar-refractivity contribution in [1.29, 1.82) is 5.26 Å². The van der Waals surface area contributed by atoms with E-state index in [1.165, 1.54) is 23.5 Å². The highest BCUT2D eigenvalue weighted by atomic mass is 32.1. The molecule has 0 atom stereocenters. The number of nitrogen functional groups attached to an aromatic ring is 1. The van der Waals surface area contributed by atoms with Crippen LogP contribution in [0.25, 0.3) is 22.1 Å². The molecule has 2 aromatic heterocycles. The summed E-state index contributed by atoms with van der Waals surface area (Å²) >= 11 is 1.47. The van der Waals surface area contributed by atoms with Crippen LogP contribution >= 0.6 is 11.3 Å². The molecule has 30 heavy (non-hydrogen) atoms. The van der Waals surface area contributed by atoms with Gasteiger partial charge in [0.1, 0.15) is 11.9 Å². The maximum absolute atomic E-state index is 13.1.